The molecule has 2 aromatic rings. The number of nitrogen functional groups attached to an aromatic ring is 1. The number of aromatic nitrogens is 3. The molecular weight excluding hydrogens is 244 g/mol. The van der Waals surface area contributed by atoms with Crippen LogP contribution in [0.4, 0.5) is 5.69 Å². The van der Waals surface area contributed by atoms with Crippen LogP contribution >= 0.6 is 0 Å². The van der Waals surface area contributed by atoms with E-state index in [1.165, 1.54) is 6.20 Å². The number of nitrogens with zero attached hydrogens (tertiary/aromatic N) is 3. The van der Waals surface area contributed by atoms with Gasteiger partial charge in [0.25, 0.3) is 0 Å². The standard InChI is InChI=1S/C13H16N4O2/c1-4-19-13(18)10-7-15-17(9(10)3)12-6-5-11(14)8(2)16-12/h5-7H,4,14H2,1-3H3. The third-order valence-corrected chi connectivity index (χ3v) is 2.83. The average molecular weight is 260 g/mol. The Morgan fingerprint density at radius 2 is 2.16 bits per heavy atom. The molecule has 0 saturated heterocycles. The Labute approximate surface area is 111 Å². The fourth-order valence-corrected chi connectivity index (χ4v) is 1.73. The molecule has 0 aliphatic carbocycles. The fraction of sp³-hybridized carbons (Fsp3) is 0.308. The molecule has 0 aromatic carbocycles. The first-order valence-electron chi connectivity index (χ1n) is 5.99. The van der Waals surface area contributed by atoms with E-state index in [1.807, 2.05) is 6.92 Å². The molecular formula is C13H16N4O2. The van der Waals surface area contributed by atoms with Gasteiger partial charge in [0, 0.05) is 0 Å². The molecule has 2 heterocycles. The van der Waals surface area contributed by atoms with Gasteiger partial charge in [0.05, 0.1) is 29.9 Å². The van der Waals surface area contributed by atoms with Crippen molar-refractivity contribution in [3.05, 3.63) is 35.3 Å². The van der Waals surface area contributed by atoms with Crippen molar-refractivity contribution in [1.29, 1.82) is 0 Å². The van der Waals surface area contributed by atoms with Crippen molar-refractivity contribution in [1.82, 2.24) is 14.8 Å². The molecule has 0 unspecified atom stereocenters. The van der Waals surface area contributed by atoms with Crippen LogP contribution in [0.2, 0.25) is 0 Å². The number of aryl methyl sites for hydroxylation is 1. The van der Waals surface area contributed by atoms with Gasteiger partial charge in [0.1, 0.15) is 5.56 Å². The minimum absolute atomic E-state index is 0.336. The molecule has 2 rings (SSSR count). The van der Waals surface area contributed by atoms with Crippen molar-refractivity contribution in [2.24, 2.45) is 0 Å². The number of rotatable bonds is 3. The lowest BCUT2D eigenvalue weighted by Crippen LogP contribution is -2.08. The Hall–Kier alpha value is -2.37. The molecule has 0 aliphatic heterocycles. The average Bonchev–Trinajstić information content (AvgIpc) is 2.75. The SMILES string of the molecule is CCOC(=O)c1cnn(-c2ccc(N)c(C)n2)c1C. The second kappa shape index (κ2) is 5.09. The quantitative estimate of drug-likeness (QED) is 0.848. The molecule has 0 spiro atoms. The highest BCUT2D eigenvalue weighted by atomic mass is 16.5. The predicted molar refractivity (Wildman–Crippen MR) is 71.2 cm³/mol. The zero-order chi connectivity index (χ0) is 14.0. The molecule has 0 bridgehead atoms. The fourth-order valence-electron chi connectivity index (χ4n) is 1.73. The molecule has 0 saturated carbocycles. The summed E-state index contributed by atoms with van der Waals surface area (Å²) in [6, 6.07) is 3.53. The Morgan fingerprint density at radius 3 is 2.79 bits per heavy atom. The normalized spacial score (nSPS) is 10.5. The molecule has 0 aliphatic rings. The predicted octanol–water partition coefficient (Wildman–Crippen LogP) is 1.64. The number of esters is 1. The van der Waals surface area contributed by atoms with Gasteiger partial charge in [-0.25, -0.2) is 14.5 Å². The van der Waals surface area contributed by atoms with Crippen LogP contribution < -0.4 is 5.73 Å². The van der Waals surface area contributed by atoms with Gasteiger partial charge in [0.2, 0.25) is 0 Å². The van der Waals surface area contributed by atoms with Gasteiger partial charge >= 0.3 is 5.97 Å². The van der Waals surface area contributed by atoms with E-state index in [4.69, 9.17) is 10.5 Å². The van der Waals surface area contributed by atoms with Gasteiger partial charge in [0.15, 0.2) is 5.82 Å². The number of pyridine rings is 1. The highest BCUT2D eigenvalue weighted by molar-refractivity contribution is 5.90. The highest BCUT2D eigenvalue weighted by Crippen LogP contribution is 2.16. The van der Waals surface area contributed by atoms with E-state index in [0.29, 0.717) is 29.4 Å². The van der Waals surface area contributed by atoms with Crippen molar-refractivity contribution >= 4 is 11.7 Å². The first-order chi connectivity index (χ1) is 9.04. The summed E-state index contributed by atoms with van der Waals surface area (Å²) in [5, 5.41) is 4.17. The minimum Gasteiger partial charge on any atom is -0.462 e. The second-order valence-corrected chi connectivity index (χ2v) is 4.12. The Morgan fingerprint density at radius 1 is 1.42 bits per heavy atom. The maximum Gasteiger partial charge on any atom is 0.341 e. The van der Waals surface area contributed by atoms with Crippen LogP contribution in [-0.4, -0.2) is 27.3 Å². The molecule has 0 fully saturated rings. The summed E-state index contributed by atoms with van der Waals surface area (Å²) in [7, 11) is 0. The Bertz CT molecular complexity index is 619. The number of anilines is 1. The number of carbonyl (C=O) groups excluding carboxylic acids is 1. The number of hydrogen-bond donors (Lipinski definition) is 1. The van der Waals surface area contributed by atoms with Crippen molar-refractivity contribution in [2.45, 2.75) is 20.8 Å². The molecule has 0 atom stereocenters. The first-order valence-corrected chi connectivity index (χ1v) is 5.99. The van der Waals surface area contributed by atoms with Gasteiger partial charge < -0.3 is 10.5 Å². The van der Waals surface area contributed by atoms with Crippen LogP contribution in [0.15, 0.2) is 18.3 Å². The number of hydrogen-bond acceptors (Lipinski definition) is 5. The summed E-state index contributed by atoms with van der Waals surface area (Å²) in [4.78, 5) is 16.1. The highest BCUT2D eigenvalue weighted by Gasteiger charge is 2.16. The minimum atomic E-state index is -0.376. The van der Waals surface area contributed by atoms with E-state index in [9.17, 15) is 4.79 Å². The van der Waals surface area contributed by atoms with E-state index in [2.05, 4.69) is 10.1 Å². The smallest absolute Gasteiger partial charge is 0.341 e. The van der Waals surface area contributed by atoms with Crippen molar-refractivity contribution in [3.63, 3.8) is 0 Å². The maximum absolute atomic E-state index is 11.7. The molecule has 100 valence electrons. The maximum atomic E-state index is 11.7. The van der Waals surface area contributed by atoms with Gasteiger partial charge in [-0.1, -0.05) is 0 Å². The Balaban J connectivity index is 2.41. The summed E-state index contributed by atoms with van der Waals surface area (Å²) in [6.45, 7) is 5.72. The van der Waals surface area contributed by atoms with Gasteiger partial charge in [-0.15, -0.1) is 0 Å². The summed E-state index contributed by atoms with van der Waals surface area (Å²) < 4.78 is 6.56. The van der Waals surface area contributed by atoms with Crippen molar-refractivity contribution in [2.75, 3.05) is 12.3 Å². The lowest BCUT2D eigenvalue weighted by atomic mass is 10.2. The molecule has 2 N–H and O–H groups in total. The second-order valence-electron chi connectivity index (χ2n) is 4.12. The van der Waals surface area contributed by atoms with Crippen LogP contribution in [0.3, 0.4) is 0 Å². The van der Waals surface area contributed by atoms with Crippen LogP contribution in [0.25, 0.3) is 5.82 Å². The summed E-state index contributed by atoms with van der Waals surface area (Å²) in [5.74, 6) is 0.248. The zero-order valence-electron chi connectivity index (χ0n) is 11.2. The van der Waals surface area contributed by atoms with Crippen molar-refractivity contribution < 1.29 is 9.53 Å². The van der Waals surface area contributed by atoms with Crippen LogP contribution in [0.5, 0.6) is 0 Å². The molecule has 2 aromatic heterocycles. The Kier molecular flexibility index (Phi) is 3.50. The summed E-state index contributed by atoms with van der Waals surface area (Å²) in [5.41, 5.74) is 8.22. The number of ether oxygens (including phenoxy) is 1. The van der Waals surface area contributed by atoms with Crippen LogP contribution in [-0.2, 0) is 4.74 Å². The third-order valence-electron chi connectivity index (χ3n) is 2.83. The largest absolute Gasteiger partial charge is 0.462 e. The summed E-state index contributed by atoms with van der Waals surface area (Å²) >= 11 is 0. The number of carbonyl (C=O) groups is 1. The topological polar surface area (TPSA) is 83.0 Å². The molecule has 0 radical (unpaired) electrons. The van der Waals surface area contributed by atoms with Gasteiger partial charge in [-0.2, -0.15) is 5.10 Å². The molecule has 6 heteroatoms. The molecule has 0 amide bonds. The van der Waals surface area contributed by atoms with Crippen LogP contribution in [0, 0.1) is 13.8 Å². The third kappa shape index (κ3) is 2.42. The first kappa shape index (κ1) is 13.1. The molecule has 19 heavy (non-hydrogen) atoms. The van der Waals surface area contributed by atoms with E-state index >= 15 is 0 Å². The van der Waals surface area contributed by atoms with E-state index in [1.54, 1.807) is 30.7 Å². The lowest BCUT2D eigenvalue weighted by Gasteiger charge is -2.06. The van der Waals surface area contributed by atoms with Gasteiger partial charge in [-0.3, -0.25) is 0 Å². The summed E-state index contributed by atoms with van der Waals surface area (Å²) in [6.07, 6.45) is 1.49. The van der Waals surface area contributed by atoms with Crippen molar-refractivity contribution in [3.8, 4) is 5.82 Å². The van der Waals surface area contributed by atoms with Crippen LogP contribution in [0.1, 0.15) is 28.7 Å². The lowest BCUT2D eigenvalue weighted by molar-refractivity contribution is 0.0525. The number of nitrogens with two attached hydrogens (primary N) is 1. The van der Waals surface area contributed by atoms with E-state index in [0.717, 1.165) is 5.69 Å². The monoisotopic (exact) mass is 260 g/mol. The zero-order valence-corrected chi connectivity index (χ0v) is 11.2. The van der Waals surface area contributed by atoms with Gasteiger partial charge in [-0.05, 0) is 32.9 Å². The van der Waals surface area contributed by atoms with E-state index < -0.39 is 0 Å². The van der Waals surface area contributed by atoms with E-state index in [-0.39, 0.29) is 5.97 Å². The molecule has 6 nitrogen and oxygen atoms in total.